The number of rotatable bonds is 4. The second kappa shape index (κ2) is 8.35. The molecule has 2 aliphatic carbocycles. The number of carbonyl (C=O) groups excluding carboxylic acids is 1. The Labute approximate surface area is 187 Å². The molecular formula is C27H26FN3O. The van der Waals surface area contributed by atoms with Crippen LogP contribution in [0.15, 0.2) is 48.8 Å². The predicted octanol–water partition coefficient (Wildman–Crippen LogP) is 5.09. The summed E-state index contributed by atoms with van der Waals surface area (Å²) in [6.45, 7) is 2.10. The number of pyridine rings is 2. The maximum atomic E-state index is 13.9. The lowest BCUT2D eigenvalue weighted by Gasteiger charge is -2.23. The number of benzene rings is 1. The first-order valence-electron chi connectivity index (χ1n) is 11.3. The number of halogens is 1. The van der Waals surface area contributed by atoms with Crippen molar-refractivity contribution in [3.63, 3.8) is 0 Å². The van der Waals surface area contributed by atoms with Gasteiger partial charge >= 0.3 is 0 Å². The number of aromatic nitrogens is 2. The van der Waals surface area contributed by atoms with Crippen LogP contribution in [0.1, 0.15) is 60.1 Å². The van der Waals surface area contributed by atoms with Gasteiger partial charge in [-0.1, -0.05) is 5.92 Å². The van der Waals surface area contributed by atoms with Crippen molar-refractivity contribution < 1.29 is 9.18 Å². The van der Waals surface area contributed by atoms with E-state index in [1.165, 1.54) is 17.8 Å². The monoisotopic (exact) mass is 427 g/mol. The highest BCUT2D eigenvalue weighted by Crippen LogP contribution is 2.53. The Morgan fingerprint density at radius 2 is 1.91 bits per heavy atom. The second-order valence-electron chi connectivity index (χ2n) is 9.32. The Morgan fingerprint density at radius 3 is 2.59 bits per heavy atom. The summed E-state index contributed by atoms with van der Waals surface area (Å²) < 4.78 is 13.9. The van der Waals surface area contributed by atoms with E-state index in [9.17, 15) is 9.18 Å². The van der Waals surface area contributed by atoms with Crippen LogP contribution in [0, 0.1) is 35.9 Å². The Hall–Kier alpha value is -3.26. The summed E-state index contributed by atoms with van der Waals surface area (Å²) in [4.78, 5) is 21.1. The van der Waals surface area contributed by atoms with Gasteiger partial charge in [-0.15, -0.1) is 6.42 Å². The van der Waals surface area contributed by atoms with Gasteiger partial charge in [0.25, 0.3) is 5.91 Å². The minimum Gasteiger partial charge on any atom is -0.349 e. The van der Waals surface area contributed by atoms with Crippen molar-refractivity contribution in [1.29, 1.82) is 0 Å². The third-order valence-corrected chi connectivity index (χ3v) is 7.47. The second-order valence-corrected chi connectivity index (χ2v) is 9.32. The fraction of sp³-hybridized carbons (Fsp3) is 0.370. The molecule has 1 amide bonds. The predicted molar refractivity (Wildman–Crippen MR) is 122 cm³/mol. The molecule has 2 aliphatic rings. The number of amides is 1. The third kappa shape index (κ3) is 3.86. The molecule has 32 heavy (non-hydrogen) atoms. The number of fused-ring (bicyclic) bond motifs is 2. The van der Waals surface area contributed by atoms with Gasteiger partial charge in [0.05, 0.1) is 11.1 Å². The Bertz CT molecular complexity index is 1190. The van der Waals surface area contributed by atoms with Crippen molar-refractivity contribution >= 4 is 16.8 Å². The molecule has 2 aromatic heterocycles. The number of nitrogens with one attached hydrogen (secondary N) is 1. The van der Waals surface area contributed by atoms with Crippen LogP contribution in [0.25, 0.3) is 10.9 Å². The molecule has 0 saturated heterocycles. The number of nitrogens with zero attached hydrogens (tertiary/aromatic N) is 2. The first-order chi connectivity index (χ1) is 15.5. The van der Waals surface area contributed by atoms with Crippen molar-refractivity contribution in [1.82, 2.24) is 15.3 Å². The van der Waals surface area contributed by atoms with Crippen molar-refractivity contribution in [2.45, 2.75) is 44.6 Å². The van der Waals surface area contributed by atoms with Gasteiger partial charge in [-0.25, -0.2) is 9.37 Å². The molecular weight excluding hydrogens is 401 g/mol. The molecule has 0 aliphatic heterocycles. The highest BCUT2D eigenvalue weighted by Gasteiger charge is 2.43. The average molecular weight is 428 g/mol. The van der Waals surface area contributed by atoms with Gasteiger partial charge in [0.15, 0.2) is 0 Å². The van der Waals surface area contributed by atoms with Crippen LogP contribution < -0.4 is 5.32 Å². The number of hydrogen-bond acceptors (Lipinski definition) is 3. The van der Waals surface area contributed by atoms with Gasteiger partial charge in [-0.3, -0.25) is 9.78 Å². The summed E-state index contributed by atoms with van der Waals surface area (Å²) in [5, 5.41) is 4.10. The van der Waals surface area contributed by atoms with Gasteiger partial charge in [0, 0.05) is 23.8 Å². The van der Waals surface area contributed by atoms with E-state index in [4.69, 9.17) is 6.42 Å². The lowest BCUT2D eigenvalue weighted by Crippen LogP contribution is -2.37. The van der Waals surface area contributed by atoms with E-state index in [1.807, 2.05) is 6.20 Å². The van der Waals surface area contributed by atoms with Gasteiger partial charge in [-0.2, -0.15) is 0 Å². The molecule has 0 radical (unpaired) electrons. The van der Waals surface area contributed by atoms with E-state index in [0.717, 1.165) is 36.6 Å². The van der Waals surface area contributed by atoms with Crippen LogP contribution in [-0.2, 0) is 0 Å². The van der Waals surface area contributed by atoms with Crippen molar-refractivity contribution in [3.8, 4) is 12.3 Å². The Morgan fingerprint density at radius 1 is 1.12 bits per heavy atom. The molecule has 0 bridgehead atoms. The summed E-state index contributed by atoms with van der Waals surface area (Å²) in [7, 11) is 0. The summed E-state index contributed by atoms with van der Waals surface area (Å²) in [6.07, 6.45) is 13.2. The van der Waals surface area contributed by atoms with Crippen LogP contribution in [0.5, 0.6) is 0 Å². The standard InChI is InChI=1S/C27H26FN3O/c1-3-23-6-4-17(15-30-23)27(32)31-16(2)18-10-19-12-21(13-20(19)11-18)24-8-9-29-26-7-5-22(28)14-25(24)26/h1,4-9,14-16,18-21H,10-13H2,2H3,(H,31,32)/t16?,18-,19-,20+,21?. The van der Waals surface area contributed by atoms with Gasteiger partial charge in [0.2, 0.25) is 0 Å². The van der Waals surface area contributed by atoms with E-state index < -0.39 is 0 Å². The molecule has 3 aromatic rings. The quantitative estimate of drug-likeness (QED) is 0.590. The molecule has 2 saturated carbocycles. The lowest BCUT2D eigenvalue weighted by molar-refractivity contribution is 0.0925. The molecule has 5 rings (SSSR count). The van der Waals surface area contributed by atoms with Crippen LogP contribution in [0.4, 0.5) is 4.39 Å². The third-order valence-electron chi connectivity index (χ3n) is 7.47. The van der Waals surface area contributed by atoms with E-state index in [1.54, 1.807) is 24.3 Å². The lowest BCUT2D eigenvalue weighted by atomic mass is 9.88. The highest BCUT2D eigenvalue weighted by molar-refractivity contribution is 5.94. The molecule has 4 nitrogen and oxygen atoms in total. The first kappa shape index (κ1) is 20.6. The van der Waals surface area contributed by atoms with Crippen LogP contribution in [-0.4, -0.2) is 21.9 Å². The highest BCUT2D eigenvalue weighted by atomic mass is 19.1. The molecule has 5 heteroatoms. The van der Waals surface area contributed by atoms with Crippen molar-refractivity contribution in [3.05, 3.63) is 71.4 Å². The zero-order chi connectivity index (χ0) is 22.2. The fourth-order valence-electron chi connectivity index (χ4n) is 5.84. The van der Waals surface area contributed by atoms with Crippen molar-refractivity contribution in [2.24, 2.45) is 17.8 Å². The van der Waals surface area contributed by atoms with E-state index >= 15 is 0 Å². The molecule has 1 N–H and O–H groups in total. The maximum Gasteiger partial charge on any atom is 0.253 e. The molecule has 1 aromatic carbocycles. The summed E-state index contributed by atoms with van der Waals surface area (Å²) >= 11 is 0. The smallest absolute Gasteiger partial charge is 0.253 e. The van der Waals surface area contributed by atoms with E-state index in [0.29, 0.717) is 34.9 Å². The van der Waals surface area contributed by atoms with Crippen LogP contribution in [0.3, 0.4) is 0 Å². The molecule has 5 atom stereocenters. The Balaban J connectivity index is 1.23. The maximum absolute atomic E-state index is 13.9. The largest absolute Gasteiger partial charge is 0.349 e. The van der Waals surface area contributed by atoms with E-state index in [-0.39, 0.29) is 17.8 Å². The molecule has 162 valence electrons. The zero-order valence-electron chi connectivity index (χ0n) is 18.1. The molecule has 2 fully saturated rings. The minimum atomic E-state index is -0.210. The topological polar surface area (TPSA) is 54.9 Å². The van der Waals surface area contributed by atoms with E-state index in [2.05, 4.69) is 34.2 Å². The first-order valence-corrected chi connectivity index (χ1v) is 11.3. The van der Waals surface area contributed by atoms with Gasteiger partial charge in [-0.05, 0) is 98.2 Å². The van der Waals surface area contributed by atoms with Crippen molar-refractivity contribution in [2.75, 3.05) is 0 Å². The number of carbonyl (C=O) groups is 1. The molecule has 2 heterocycles. The normalized spacial score (nSPS) is 25.3. The molecule has 0 spiro atoms. The Kier molecular flexibility index (Phi) is 5.38. The summed E-state index contributed by atoms with van der Waals surface area (Å²) in [5.41, 5.74) is 3.15. The average Bonchev–Trinajstić information content (AvgIpc) is 3.38. The summed E-state index contributed by atoms with van der Waals surface area (Å²) in [5.74, 6) is 4.37. The number of hydrogen-bond donors (Lipinski definition) is 1. The SMILES string of the molecule is C#Cc1ccc(C(=O)NC(C)[C@H]2C[C@H]3CC(c4ccnc5ccc(F)cc45)C[C@H]3C2)cn1. The van der Waals surface area contributed by atoms with Gasteiger partial charge in [0.1, 0.15) is 11.5 Å². The number of terminal acetylenes is 1. The minimum absolute atomic E-state index is 0.103. The molecule has 2 unspecified atom stereocenters. The van der Waals surface area contributed by atoms with Gasteiger partial charge < -0.3 is 5.32 Å². The summed E-state index contributed by atoms with van der Waals surface area (Å²) in [6, 6.07) is 10.4. The zero-order valence-corrected chi connectivity index (χ0v) is 18.1. The van der Waals surface area contributed by atoms with Crippen LogP contribution >= 0.6 is 0 Å². The fourth-order valence-corrected chi connectivity index (χ4v) is 5.84. The van der Waals surface area contributed by atoms with Crippen LogP contribution in [0.2, 0.25) is 0 Å².